The molecule has 1 fully saturated rings. The van der Waals surface area contributed by atoms with Crippen LogP contribution in [-0.2, 0) is 0 Å². The van der Waals surface area contributed by atoms with Crippen molar-refractivity contribution in [1.82, 2.24) is 0 Å². The van der Waals surface area contributed by atoms with Crippen molar-refractivity contribution in [3.05, 3.63) is 11.6 Å². The summed E-state index contributed by atoms with van der Waals surface area (Å²) >= 11 is 0. The highest BCUT2D eigenvalue weighted by Crippen LogP contribution is 2.65. The summed E-state index contributed by atoms with van der Waals surface area (Å²) in [6, 6.07) is 0. The van der Waals surface area contributed by atoms with Crippen LogP contribution >= 0.6 is 0 Å². The molecule has 2 unspecified atom stereocenters. The van der Waals surface area contributed by atoms with Crippen molar-refractivity contribution < 1.29 is 0 Å². The molecule has 0 heteroatoms. The van der Waals surface area contributed by atoms with Crippen LogP contribution < -0.4 is 0 Å². The van der Waals surface area contributed by atoms with Crippen LogP contribution in [0.5, 0.6) is 0 Å². The molecule has 0 nitrogen and oxygen atoms in total. The topological polar surface area (TPSA) is 0 Å². The Bertz CT molecular complexity index is 336. The van der Waals surface area contributed by atoms with Crippen LogP contribution in [-0.4, -0.2) is 0 Å². The first-order valence-electron chi connectivity index (χ1n) is 9.23. The van der Waals surface area contributed by atoms with Gasteiger partial charge in [-0.05, 0) is 42.4 Å². The Kier molecular flexibility index (Phi) is 5.37. The van der Waals surface area contributed by atoms with E-state index < -0.39 is 0 Å². The Hall–Kier alpha value is -0.260. The second-order valence-electron chi connectivity index (χ2n) is 8.12. The van der Waals surface area contributed by atoms with Gasteiger partial charge in [-0.3, -0.25) is 0 Å². The monoisotopic (exact) mass is 276 g/mol. The van der Waals surface area contributed by atoms with Crippen LogP contribution in [0, 0.1) is 16.7 Å². The zero-order valence-corrected chi connectivity index (χ0v) is 14.4. The van der Waals surface area contributed by atoms with E-state index in [1.165, 1.54) is 70.6 Å². The predicted octanol–water partition coefficient (Wildman–Crippen LogP) is 6.90. The third kappa shape index (κ3) is 3.00. The first-order valence-corrected chi connectivity index (χ1v) is 9.23. The van der Waals surface area contributed by atoms with E-state index in [2.05, 4.69) is 33.8 Å². The molecule has 116 valence electrons. The Morgan fingerprint density at radius 1 is 0.950 bits per heavy atom. The molecule has 0 aliphatic heterocycles. The lowest BCUT2D eigenvalue weighted by atomic mass is 9.67. The number of unbranched alkanes of at least 4 members (excludes halogenated alkanes) is 7. The van der Waals surface area contributed by atoms with E-state index in [4.69, 9.17) is 0 Å². The highest BCUT2D eigenvalue weighted by molar-refractivity contribution is 5.31. The summed E-state index contributed by atoms with van der Waals surface area (Å²) in [5.41, 5.74) is 2.87. The molecule has 1 saturated carbocycles. The largest absolute Gasteiger partial charge is 0.0811 e. The molecule has 0 aromatic carbocycles. The maximum absolute atomic E-state index is 2.66. The summed E-state index contributed by atoms with van der Waals surface area (Å²) in [5, 5.41) is 0. The van der Waals surface area contributed by atoms with E-state index in [1.54, 1.807) is 0 Å². The maximum atomic E-state index is 2.66. The van der Waals surface area contributed by atoms with Crippen molar-refractivity contribution in [3.63, 3.8) is 0 Å². The van der Waals surface area contributed by atoms with Crippen molar-refractivity contribution in [3.8, 4) is 0 Å². The Labute approximate surface area is 127 Å². The molecule has 0 saturated heterocycles. The Morgan fingerprint density at radius 2 is 1.55 bits per heavy atom. The van der Waals surface area contributed by atoms with E-state index in [-0.39, 0.29) is 0 Å². The van der Waals surface area contributed by atoms with Crippen molar-refractivity contribution in [2.75, 3.05) is 0 Å². The SMILES string of the molecule is CCCCCCCCCCC1=CC2CCC1(C)C2(C)C. The van der Waals surface area contributed by atoms with Crippen LogP contribution in [0.3, 0.4) is 0 Å². The molecular weight excluding hydrogens is 240 g/mol. The predicted molar refractivity (Wildman–Crippen MR) is 89.9 cm³/mol. The van der Waals surface area contributed by atoms with Gasteiger partial charge in [0.05, 0.1) is 0 Å². The zero-order chi connectivity index (χ0) is 14.6. The quantitative estimate of drug-likeness (QED) is 0.317. The molecule has 0 aromatic rings. The van der Waals surface area contributed by atoms with Crippen molar-refractivity contribution in [1.29, 1.82) is 0 Å². The minimum atomic E-state index is 0.527. The first kappa shape index (κ1) is 16.1. The van der Waals surface area contributed by atoms with Gasteiger partial charge in [0.1, 0.15) is 0 Å². The molecule has 2 rings (SSSR count). The highest BCUT2D eigenvalue weighted by atomic mass is 14.6. The van der Waals surface area contributed by atoms with E-state index in [9.17, 15) is 0 Å². The molecule has 2 aliphatic rings. The molecule has 2 aliphatic carbocycles. The van der Waals surface area contributed by atoms with E-state index in [0.29, 0.717) is 10.8 Å². The fourth-order valence-corrected chi connectivity index (χ4v) is 4.64. The fraction of sp³-hybridized carbons (Fsp3) is 0.900. The van der Waals surface area contributed by atoms with Crippen LogP contribution in [0.2, 0.25) is 0 Å². The maximum Gasteiger partial charge on any atom is -0.00593 e. The van der Waals surface area contributed by atoms with Crippen molar-refractivity contribution >= 4 is 0 Å². The summed E-state index contributed by atoms with van der Waals surface area (Å²) in [6.45, 7) is 9.84. The van der Waals surface area contributed by atoms with Gasteiger partial charge in [-0.2, -0.15) is 0 Å². The van der Waals surface area contributed by atoms with Crippen LogP contribution in [0.4, 0.5) is 0 Å². The van der Waals surface area contributed by atoms with Crippen LogP contribution in [0.25, 0.3) is 0 Å². The minimum Gasteiger partial charge on any atom is -0.0811 e. The first-order chi connectivity index (χ1) is 9.52. The van der Waals surface area contributed by atoms with Crippen LogP contribution in [0.15, 0.2) is 11.6 Å². The Morgan fingerprint density at radius 3 is 2.05 bits per heavy atom. The summed E-state index contributed by atoms with van der Waals surface area (Å²) in [5.74, 6) is 0.872. The van der Waals surface area contributed by atoms with Gasteiger partial charge in [-0.1, -0.05) is 84.3 Å². The average Bonchev–Trinajstić information content (AvgIpc) is 2.75. The molecule has 20 heavy (non-hydrogen) atoms. The van der Waals surface area contributed by atoms with E-state index in [0.717, 1.165) is 5.92 Å². The number of allylic oxidation sites excluding steroid dienone is 2. The van der Waals surface area contributed by atoms with Crippen molar-refractivity contribution in [2.45, 2.75) is 98.3 Å². The average molecular weight is 277 g/mol. The van der Waals surface area contributed by atoms with Gasteiger partial charge < -0.3 is 0 Å². The molecule has 0 N–H and O–H groups in total. The molecule has 0 amide bonds. The molecule has 0 spiro atoms. The number of fused-ring (bicyclic) bond motifs is 2. The van der Waals surface area contributed by atoms with Gasteiger partial charge >= 0.3 is 0 Å². The second-order valence-corrected chi connectivity index (χ2v) is 8.12. The fourth-order valence-electron chi connectivity index (χ4n) is 4.64. The van der Waals surface area contributed by atoms with Gasteiger partial charge in [-0.15, -0.1) is 0 Å². The van der Waals surface area contributed by atoms with E-state index >= 15 is 0 Å². The molecule has 0 radical (unpaired) electrons. The number of hydrogen-bond donors (Lipinski definition) is 0. The molecule has 2 bridgehead atoms. The smallest absolute Gasteiger partial charge is 0.00593 e. The highest BCUT2D eigenvalue weighted by Gasteiger charge is 2.56. The summed E-state index contributed by atoms with van der Waals surface area (Å²) in [7, 11) is 0. The molecule has 2 atom stereocenters. The van der Waals surface area contributed by atoms with Gasteiger partial charge in [0.2, 0.25) is 0 Å². The third-order valence-corrected chi connectivity index (χ3v) is 6.72. The van der Waals surface area contributed by atoms with Gasteiger partial charge in [0.15, 0.2) is 0 Å². The molecule has 0 aromatic heterocycles. The lowest BCUT2D eigenvalue weighted by Crippen LogP contribution is -2.30. The zero-order valence-electron chi connectivity index (χ0n) is 14.4. The minimum absolute atomic E-state index is 0.527. The standard InChI is InChI=1S/C20H36/c1-5-6-7-8-9-10-11-12-13-18-16-17-14-15-20(18,4)19(17,2)3/h16-17H,5-15H2,1-4H3. The molecular formula is C20H36. The summed E-state index contributed by atoms with van der Waals surface area (Å²) in [6.07, 6.45) is 18.4. The lowest BCUT2D eigenvalue weighted by Gasteiger charge is -2.37. The van der Waals surface area contributed by atoms with Crippen molar-refractivity contribution in [2.24, 2.45) is 16.7 Å². The summed E-state index contributed by atoms with van der Waals surface area (Å²) in [4.78, 5) is 0. The summed E-state index contributed by atoms with van der Waals surface area (Å²) < 4.78 is 0. The number of rotatable bonds is 9. The number of hydrogen-bond acceptors (Lipinski definition) is 0. The van der Waals surface area contributed by atoms with Gasteiger partial charge in [0.25, 0.3) is 0 Å². The normalized spacial score (nSPS) is 30.8. The third-order valence-electron chi connectivity index (χ3n) is 6.72. The van der Waals surface area contributed by atoms with Gasteiger partial charge in [0, 0.05) is 0 Å². The molecule has 0 heterocycles. The van der Waals surface area contributed by atoms with Gasteiger partial charge in [-0.25, -0.2) is 0 Å². The second kappa shape index (κ2) is 6.67. The Balaban J connectivity index is 1.63. The lowest BCUT2D eigenvalue weighted by molar-refractivity contribution is 0.167. The van der Waals surface area contributed by atoms with Crippen LogP contribution in [0.1, 0.15) is 98.3 Å². The van der Waals surface area contributed by atoms with E-state index in [1.807, 2.05) is 5.57 Å².